The van der Waals surface area contributed by atoms with E-state index in [1.807, 2.05) is 38.2 Å². The average Bonchev–Trinajstić information content (AvgIpc) is 3.39. The molecule has 2 atom stereocenters. The minimum Gasteiger partial charge on any atom is -0.492 e. The Hall–Kier alpha value is -2.91. The first kappa shape index (κ1) is 21.8. The Morgan fingerprint density at radius 3 is 2.80 bits per heavy atom. The Labute approximate surface area is 176 Å². The summed E-state index contributed by atoms with van der Waals surface area (Å²) in [5.41, 5.74) is 1.71. The van der Waals surface area contributed by atoms with E-state index in [0.717, 1.165) is 5.75 Å². The lowest BCUT2D eigenvalue weighted by Gasteiger charge is -2.17. The number of rotatable bonds is 9. The van der Waals surface area contributed by atoms with Crippen LogP contribution in [0.1, 0.15) is 12.0 Å². The molecular weight excluding hydrogens is 386 g/mol. The molecule has 1 aromatic heterocycles. The van der Waals surface area contributed by atoms with E-state index < -0.39 is 6.10 Å². The van der Waals surface area contributed by atoms with Crippen molar-refractivity contribution in [3.8, 4) is 5.75 Å². The number of ether oxygens (including phenoxy) is 2. The van der Waals surface area contributed by atoms with Gasteiger partial charge < -0.3 is 25.0 Å². The summed E-state index contributed by atoms with van der Waals surface area (Å²) in [5, 5.41) is 10.0. The summed E-state index contributed by atoms with van der Waals surface area (Å²) in [6.07, 6.45) is 3.31. The van der Waals surface area contributed by atoms with E-state index in [-0.39, 0.29) is 24.4 Å². The summed E-state index contributed by atoms with van der Waals surface area (Å²) in [5.74, 6) is 0.477. The first-order valence-electron chi connectivity index (χ1n) is 10.00. The van der Waals surface area contributed by atoms with E-state index in [1.54, 1.807) is 18.1 Å². The van der Waals surface area contributed by atoms with E-state index in [0.29, 0.717) is 31.9 Å². The zero-order valence-electron chi connectivity index (χ0n) is 17.6. The minimum atomic E-state index is -0.480. The molecule has 9 nitrogen and oxygen atoms in total. The van der Waals surface area contributed by atoms with E-state index >= 15 is 0 Å². The number of aromatic nitrogens is 2. The predicted octanol–water partition coefficient (Wildman–Crippen LogP) is 1.04. The summed E-state index contributed by atoms with van der Waals surface area (Å²) >= 11 is 0. The van der Waals surface area contributed by atoms with Crippen LogP contribution in [0.15, 0.2) is 36.7 Å². The third-order valence-electron chi connectivity index (χ3n) is 5.04. The molecule has 0 spiro atoms. The molecule has 1 aromatic carbocycles. The van der Waals surface area contributed by atoms with E-state index in [9.17, 15) is 9.59 Å². The normalized spacial score (nSPS) is 18.2. The molecule has 1 aliphatic rings. The highest BCUT2D eigenvalue weighted by molar-refractivity contribution is 5.94. The van der Waals surface area contributed by atoms with Crippen molar-refractivity contribution >= 4 is 17.5 Å². The van der Waals surface area contributed by atoms with Crippen LogP contribution in [0.3, 0.4) is 0 Å². The quantitative estimate of drug-likeness (QED) is 0.635. The van der Waals surface area contributed by atoms with Crippen LogP contribution in [0.25, 0.3) is 0 Å². The Morgan fingerprint density at radius 1 is 1.33 bits per heavy atom. The summed E-state index contributed by atoms with van der Waals surface area (Å²) in [6, 6.07) is 7.97. The maximum Gasteiger partial charge on any atom is 0.253 e. The van der Waals surface area contributed by atoms with Gasteiger partial charge in [-0.1, -0.05) is 17.7 Å². The zero-order valence-corrected chi connectivity index (χ0v) is 17.6. The highest BCUT2D eigenvalue weighted by atomic mass is 16.5. The molecule has 2 unspecified atom stereocenters. The fraction of sp³-hybridized carbons (Fsp3) is 0.476. The predicted molar refractivity (Wildman–Crippen MR) is 112 cm³/mol. The number of benzene rings is 1. The monoisotopic (exact) mass is 415 g/mol. The fourth-order valence-corrected chi connectivity index (χ4v) is 3.07. The SMILES string of the molecule is CNC1COC(C(=O)Nc2cnn(CC(=O)N(C)CCOc3ccc(C)cc3)c2)C1. The molecule has 2 N–H and O–H groups in total. The average molecular weight is 415 g/mol. The third-order valence-corrected chi connectivity index (χ3v) is 5.04. The van der Waals surface area contributed by atoms with Crippen molar-refractivity contribution in [2.75, 3.05) is 39.2 Å². The smallest absolute Gasteiger partial charge is 0.253 e. The second-order valence-corrected chi connectivity index (χ2v) is 7.44. The molecule has 2 aromatic rings. The Balaban J connectivity index is 1.41. The van der Waals surface area contributed by atoms with Crippen molar-refractivity contribution < 1.29 is 19.1 Å². The van der Waals surface area contributed by atoms with E-state index in [4.69, 9.17) is 9.47 Å². The van der Waals surface area contributed by atoms with Crippen LogP contribution in [0.5, 0.6) is 5.75 Å². The summed E-state index contributed by atoms with van der Waals surface area (Å²) < 4.78 is 12.7. The van der Waals surface area contributed by atoms with Gasteiger partial charge >= 0.3 is 0 Å². The number of amides is 2. The number of hydrogen-bond donors (Lipinski definition) is 2. The van der Waals surface area contributed by atoms with Gasteiger partial charge in [0.15, 0.2) is 0 Å². The first-order valence-corrected chi connectivity index (χ1v) is 10.00. The van der Waals surface area contributed by atoms with Gasteiger partial charge in [-0.15, -0.1) is 0 Å². The highest BCUT2D eigenvalue weighted by Crippen LogP contribution is 2.16. The van der Waals surface area contributed by atoms with Crippen LogP contribution in [0.2, 0.25) is 0 Å². The second kappa shape index (κ2) is 10.2. The Bertz CT molecular complexity index is 851. The summed E-state index contributed by atoms with van der Waals surface area (Å²) in [6.45, 7) is 3.48. The lowest BCUT2D eigenvalue weighted by Crippen LogP contribution is -2.33. The maximum absolute atomic E-state index is 12.4. The van der Waals surface area contributed by atoms with Gasteiger partial charge in [0.1, 0.15) is 25.0 Å². The van der Waals surface area contributed by atoms with Gasteiger partial charge in [-0.3, -0.25) is 14.3 Å². The molecule has 0 bridgehead atoms. The van der Waals surface area contributed by atoms with Gasteiger partial charge in [0.2, 0.25) is 5.91 Å². The van der Waals surface area contributed by atoms with Crippen molar-refractivity contribution in [1.82, 2.24) is 20.0 Å². The fourth-order valence-electron chi connectivity index (χ4n) is 3.07. The first-order chi connectivity index (χ1) is 14.4. The van der Waals surface area contributed by atoms with Crippen LogP contribution in [0, 0.1) is 6.92 Å². The number of carbonyl (C=O) groups excluding carboxylic acids is 2. The van der Waals surface area contributed by atoms with Crippen molar-refractivity contribution in [1.29, 1.82) is 0 Å². The lowest BCUT2D eigenvalue weighted by molar-refractivity contribution is -0.131. The Kier molecular flexibility index (Phi) is 7.42. The van der Waals surface area contributed by atoms with E-state index in [1.165, 1.54) is 16.4 Å². The molecule has 0 aliphatic carbocycles. The number of aryl methyl sites for hydroxylation is 1. The van der Waals surface area contributed by atoms with Crippen LogP contribution in [-0.2, 0) is 20.9 Å². The maximum atomic E-state index is 12.4. The van der Waals surface area contributed by atoms with Gasteiger partial charge in [0.25, 0.3) is 5.91 Å². The number of anilines is 1. The number of likely N-dealkylation sites (N-methyl/N-ethyl adjacent to an activating group) is 2. The molecule has 1 fully saturated rings. The molecule has 0 saturated carbocycles. The van der Waals surface area contributed by atoms with Gasteiger partial charge in [-0.25, -0.2) is 0 Å². The third kappa shape index (κ3) is 6.04. The largest absolute Gasteiger partial charge is 0.492 e. The standard InChI is InChI=1S/C21H29N5O4/c1-15-4-6-18(7-5-15)29-9-8-25(3)20(27)13-26-12-17(11-23-26)24-21(28)19-10-16(22-2)14-30-19/h4-7,11-12,16,19,22H,8-10,13-14H2,1-3H3,(H,24,28). The number of nitrogens with zero attached hydrogens (tertiary/aromatic N) is 3. The number of hydrogen-bond acceptors (Lipinski definition) is 6. The minimum absolute atomic E-state index is 0.0820. The summed E-state index contributed by atoms with van der Waals surface area (Å²) in [4.78, 5) is 26.3. The molecule has 1 aliphatic heterocycles. The molecule has 162 valence electrons. The van der Waals surface area contributed by atoms with Crippen LogP contribution < -0.4 is 15.4 Å². The molecule has 2 amide bonds. The molecule has 0 radical (unpaired) electrons. The molecular formula is C21H29N5O4. The molecule has 2 heterocycles. The van der Waals surface area contributed by atoms with Gasteiger partial charge in [-0.05, 0) is 26.1 Å². The number of carbonyl (C=O) groups is 2. The zero-order chi connectivity index (χ0) is 21.5. The molecule has 3 rings (SSSR count). The Morgan fingerprint density at radius 2 is 2.10 bits per heavy atom. The highest BCUT2D eigenvalue weighted by Gasteiger charge is 2.30. The van der Waals surface area contributed by atoms with Crippen LogP contribution >= 0.6 is 0 Å². The number of nitrogens with one attached hydrogen (secondary N) is 2. The molecule has 9 heteroatoms. The van der Waals surface area contributed by atoms with Crippen molar-refractivity contribution in [3.05, 3.63) is 42.2 Å². The summed E-state index contributed by atoms with van der Waals surface area (Å²) in [7, 11) is 3.57. The topological polar surface area (TPSA) is 97.7 Å². The van der Waals surface area contributed by atoms with Crippen molar-refractivity contribution in [2.24, 2.45) is 0 Å². The van der Waals surface area contributed by atoms with Gasteiger partial charge in [0.05, 0.1) is 25.0 Å². The second-order valence-electron chi connectivity index (χ2n) is 7.44. The lowest BCUT2D eigenvalue weighted by atomic mass is 10.2. The van der Waals surface area contributed by atoms with Crippen molar-refractivity contribution in [2.45, 2.75) is 32.0 Å². The van der Waals surface area contributed by atoms with Gasteiger partial charge in [-0.2, -0.15) is 5.10 Å². The van der Waals surface area contributed by atoms with Crippen LogP contribution in [0.4, 0.5) is 5.69 Å². The van der Waals surface area contributed by atoms with Crippen molar-refractivity contribution in [3.63, 3.8) is 0 Å². The van der Waals surface area contributed by atoms with Gasteiger partial charge in [0, 0.05) is 25.7 Å². The van der Waals surface area contributed by atoms with Crippen LogP contribution in [-0.4, -0.2) is 72.5 Å². The van der Waals surface area contributed by atoms with E-state index in [2.05, 4.69) is 15.7 Å². The molecule has 1 saturated heterocycles. The molecule has 30 heavy (non-hydrogen) atoms.